The third-order valence-electron chi connectivity index (χ3n) is 3.03. The monoisotopic (exact) mass is 234 g/mol. The predicted molar refractivity (Wildman–Crippen MR) is 67.6 cm³/mol. The van der Waals surface area contributed by atoms with Gasteiger partial charge in [0, 0.05) is 5.69 Å². The molecule has 1 heterocycles. The van der Waals surface area contributed by atoms with Gasteiger partial charge in [-0.2, -0.15) is 0 Å². The minimum absolute atomic E-state index is 0.106. The van der Waals surface area contributed by atoms with E-state index in [9.17, 15) is 4.79 Å². The van der Waals surface area contributed by atoms with Crippen LogP contribution in [0.4, 0.5) is 10.5 Å². The van der Waals surface area contributed by atoms with Crippen LogP contribution in [0.5, 0.6) is 0 Å². The van der Waals surface area contributed by atoms with Crippen LogP contribution in [0.2, 0.25) is 0 Å². The number of carbonyl (C=O) groups excluding carboxylic acids is 1. The Labute approximate surface area is 101 Å². The molecule has 1 saturated heterocycles. The molecule has 2 amide bonds. The first-order valence-corrected chi connectivity index (χ1v) is 5.72. The summed E-state index contributed by atoms with van der Waals surface area (Å²) in [5, 5.41) is 6.12. The second-order valence-electron chi connectivity index (χ2n) is 4.45. The van der Waals surface area contributed by atoms with E-state index in [-0.39, 0.29) is 18.2 Å². The maximum atomic E-state index is 11.2. The fourth-order valence-corrected chi connectivity index (χ4v) is 1.74. The van der Waals surface area contributed by atoms with Gasteiger partial charge in [0.2, 0.25) is 0 Å². The molecule has 5 heteroatoms. The molecule has 92 valence electrons. The molecule has 1 aliphatic heterocycles. The van der Waals surface area contributed by atoms with Crippen LogP contribution in [0.3, 0.4) is 0 Å². The molecule has 1 aromatic carbocycles. The van der Waals surface area contributed by atoms with Gasteiger partial charge in [0.25, 0.3) is 0 Å². The van der Waals surface area contributed by atoms with E-state index in [0.29, 0.717) is 0 Å². The van der Waals surface area contributed by atoms with Crippen molar-refractivity contribution in [3.05, 3.63) is 29.3 Å². The van der Waals surface area contributed by atoms with E-state index in [0.717, 1.165) is 5.69 Å². The summed E-state index contributed by atoms with van der Waals surface area (Å²) < 4.78 is 0. The van der Waals surface area contributed by atoms with Crippen molar-refractivity contribution in [2.24, 2.45) is 0 Å². The highest BCUT2D eigenvalue weighted by Gasteiger charge is 2.24. The topological polar surface area (TPSA) is 65.2 Å². The fourth-order valence-electron chi connectivity index (χ4n) is 1.74. The van der Waals surface area contributed by atoms with Crippen LogP contribution in [-0.2, 0) is 0 Å². The summed E-state index contributed by atoms with van der Waals surface area (Å²) in [6.07, 6.45) is -0.120. The third-order valence-corrected chi connectivity index (χ3v) is 3.03. The van der Waals surface area contributed by atoms with E-state index in [1.807, 2.05) is 13.0 Å². The van der Waals surface area contributed by atoms with Crippen LogP contribution in [0.15, 0.2) is 18.2 Å². The van der Waals surface area contributed by atoms with Crippen LogP contribution < -0.4 is 21.5 Å². The lowest BCUT2D eigenvalue weighted by Crippen LogP contribution is -2.65. The Morgan fingerprint density at radius 3 is 2.71 bits per heavy atom. The van der Waals surface area contributed by atoms with Gasteiger partial charge in [-0.05, 0) is 44.0 Å². The molecule has 0 saturated carbocycles. The summed E-state index contributed by atoms with van der Waals surface area (Å²) >= 11 is 0. The molecule has 1 aliphatic rings. The summed E-state index contributed by atoms with van der Waals surface area (Å²) in [5.41, 5.74) is 8.93. The molecule has 2 unspecified atom stereocenters. The van der Waals surface area contributed by atoms with E-state index in [1.165, 1.54) is 11.1 Å². The SMILES string of the molecule is Cc1ccc(NC2NC(=O)NNC2C)cc1C. The van der Waals surface area contributed by atoms with Crippen molar-refractivity contribution >= 4 is 11.7 Å². The van der Waals surface area contributed by atoms with Gasteiger partial charge >= 0.3 is 6.03 Å². The molecule has 0 bridgehead atoms. The highest BCUT2D eigenvalue weighted by Crippen LogP contribution is 2.15. The zero-order valence-electron chi connectivity index (χ0n) is 10.3. The van der Waals surface area contributed by atoms with E-state index in [4.69, 9.17) is 0 Å². The van der Waals surface area contributed by atoms with Gasteiger partial charge in [-0.3, -0.25) is 5.43 Å². The normalized spacial score (nSPS) is 23.8. The maximum absolute atomic E-state index is 11.2. The van der Waals surface area contributed by atoms with E-state index >= 15 is 0 Å². The van der Waals surface area contributed by atoms with Crippen LogP contribution >= 0.6 is 0 Å². The second-order valence-corrected chi connectivity index (χ2v) is 4.45. The molecule has 2 rings (SSSR count). The first-order chi connectivity index (χ1) is 8.06. The number of carbonyl (C=O) groups is 1. The second kappa shape index (κ2) is 4.63. The summed E-state index contributed by atoms with van der Waals surface area (Å²) in [4.78, 5) is 11.2. The molecule has 17 heavy (non-hydrogen) atoms. The lowest BCUT2D eigenvalue weighted by Gasteiger charge is -2.32. The average molecular weight is 234 g/mol. The molecule has 0 aromatic heterocycles. The van der Waals surface area contributed by atoms with E-state index in [1.54, 1.807) is 0 Å². The zero-order valence-corrected chi connectivity index (χ0v) is 10.3. The first kappa shape index (κ1) is 11.7. The number of aryl methyl sites for hydroxylation is 2. The standard InChI is InChI=1S/C12H18N4O/c1-7-4-5-10(6-8(7)2)13-11-9(3)15-16-12(17)14-11/h4-6,9,11,13,15H,1-3H3,(H2,14,16,17). The van der Waals surface area contributed by atoms with Crippen LogP contribution in [0, 0.1) is 13.8 Å². The first-order valence-electron chi connectivity index (χ1n) is 5.72. The molecular weight excluding hydrogens is 216 g/mol. The minimum atomic E-state index is -0.218. The van der Waals surface area contributed by atoms with Crippen LogP contribution in [0.1, 0.15) is 18.1 Å². The summed E-state index contributed by atoms with van der Waals surface area (Å²) in [6, 6.07) is 6.05. The number of hydrogen-bond donors (Lipinski definition) is 4. The van der Waals surface area contributed by atoms with Gasteiger partial charge in [-0.15, -0.1) is 0 Å². The molecule has 1 fully saturated rings. The lowest BCUT2D eigenvalue weighted by molar-refractivity contribution is 0.214. The summed E-state index contributed by atoms with van der Waals surface area (Å²) in [5.74, 6) is 0. The van der Waals surface area contributed by atoms with E-state index in [2.05, 4.69) is 47.5 Å². The third kappa shape index (κ3) is 2.68. The number of benzene rings is 1. The smallest absolute Gasteiger partial charge is 0.330 e. The highest BCUT2D eigenvalue weighted by molar-refractivity contribution is 5.75. The fraction of sp³-hybridized carbons (Fsp3) is 0.417. The Bertz CT molecular complexity index is 433. The minimum Gasteiger partial charge on any atom is -0.364 e. The average Bonchev–Trinajstić information content (AvgIpc) is 2.29. The van der Waals surface area contributed by atoms with Gasteiger partial charge in [0.15, 0.2) is 0 Å². The predicted octanol–water partition coefficient (Wildman–Crippen LogP) is 1.25. The number of hydrazine groups is 1. The van der Waals surface area contributed by atoms with Crippen molar-refractivity contribution in [3.8, 4) is 0 Å². The van der Waals surface area contributed by atoms with Crippen molar-refractivity contribution in [2.75, 3.05) is 5.32 Å². The molecular formula is C12H18N4O. The van der Waals surface area contributed by atoms with Crippen molar-refractivity contribution < 1.29 is 4.79 Å². The molecule has 4 N–H and O–H groups in total. The van der Waals surface area contributed by atoms with Gasteiger partial charge < -0.3 is 10.6 Å². The molecule has 5 nitrogen and oxygen atoms in total. The molecule has 1 aromatic rings. The number of rotatable bonds is 2. The van der Waals surface area contributed by atoms with Gasteiger partial charge in [-0.1, -0.05) is 6.07 Å². The Morgan fingerprint density at radius 2 is 2.00 bits per heavy atom. The van der Waals surface area contributed by atoms with Crippen molar-refractivity contribution in [1.82, 2.24) is 16.2 Å². The van der Waals surface area contributed by atoms with E-state index < -0.39 is 0 Å². The van der Waals surface area contributed by atoms with Crippen LogP contribution in [-0.4, -0.2) is 18.2 Å². The lowest BCUT2D eigenvalue weighted by atomic mass is 10.1. The maximum Gasteiger partial charge on any atom is 0.330 e. The Balaban J connectivity index is 2.08. The number of amides is 2. The number of nitrogens with one attached hydrogen (secondary N) is 4. The Kier molecular flexibility index (Phi) is 3.19. The quantitative estimate of drug-likeness (QED) is 0.622. The van der Waals surface area contributed by atoms with Crippen molar-refractivity contribution in [1.29, 1.82) is 0 Å². The summed E-state index contributed by atoms with van der Waals surface area (Å²) in [6.45, 7) is 6.14. The zero-order chi connectivity index (χ0) is 12.4. The van der Waals surface area contributed by atoms with Gasteiger partial charge in [-0.25, -0.2) is 10.2 Å². The summed E-state index contributed by atoms with van der Waals surface area (Å²) in [7, 11) is 0. The molecule has 0 spiro atoms. The van der Waals surface area contributed by atoms with Crippen molar-refractivity contribution in [2.45, 2.75) is 33.0 Å². The molecule has 2 atom stereocenters. The number of anilines is 1. The molecule has 0 aliphatic carbocycles. The number of urea groups is 1. The highest BCUT2D eigenvalue weighted by atomic mass is 16.2. The molecule has 0 radical (unpaired) electrons. The van der Waals surface area contributed by atoms with Crippen molar-refractivity contribution in [3.63, 3.8) is 0 Å². The Morgan fingerprint density at radius 1 is 1.24 bits per heavy atom. The number of hydrogen-bond acceptors (Lipinski definition) is 3. The largest absolute Gasteiger partial charge is 0.364 e. The van der Waals surface area contributed by atoms with Crippen LogP contribution in [0.25, 0.3) is 0 Å². The van der Waals surface area contributed by atoms with Gasteiger partial charge in [0.05, 0.1) is 6.04 Å². The Hall–Kier alpha value is -1.75. The van der Waals surface area contributed by atoms with Gasteiger partial charge in [0.1, 0.15) is 6.17 Å².